The van der Waals surface area contributed by atoms with Crippen LogP contribution < -0.4 is 11.1 Å². The molecule has 2 aromatic heterocycles. The van der Waals surface area contributed by atoms with E-state index >= 15 is 0 Å². The maximum Gasteiger partial charge on any atom is 0.135 e. The van der Waals surface area contributed by atoms with Crippen LogP contribution in [-0.2, 0) is 6.54 Å². The highest BCUT2D eigenvalue weighted by atomic mass is 32.1. The fourth-order valence-electron chi connectivity index (χ4n) is 1.65. The number of thiazole rings is 1. The van der Waals surface area contributed by atoms with E-state index in [1.165, 1.54) is 0 Å². The summed E-state index contributed by atoms with van der Waals surface area (Å²) in [6.07, 6.45) is 0. The number of anilines is 2. The second-order valence-corrected chi connectivity index (χ2v) is 5.87. The molecule has 0 bridgehead atoms. The number of hydrogen-bond acceptors (Lipinski definition) is 6. The fraction of sp³-hybridized carbons (Fsp3) is 0.462. The first-order valence-electron chi connectivity index (χ1n) is 6.26. The molecule has 2 heterocycles. The molecule has 0 aromatic carbocycles. The molecule has 0 aliphatic heterocycles. The summed E-state index contributed by atoms with van der Waals surface area (Å²) in [5.74, 6) is 2.35. The average molecular weight is 277 g/mol. The van der Waals surface area contributed by atoms with Crippen molar-refractivity contribution in [2.45, 2.75) is 40.2 Å². The number of nitrogen functional groups attached to an aromatic ring is 1. The van der Waals surface area contributed by atoms with Gasteiger partial charge in [0.05, 0.1) is 17.2 Å². The molecule has 0 saturated heterocycles. The van der Waals surface area contributed by atoms with Gasteiger partial charge in [-0.05, 0) is 13.8 Å². The Kier molecular flexibility index (Phi) is 3.99. The standard InChI is InChI=1S/C13H19N5S/c1-7(2)12-17-11(14)8(3)13(18-12)15-5-10-6-19-9(4)16-10/h6-7H,5H2,1-4H3,(H3,14,15,17,18). The molecule has 2 rings (SSSR count). The summed E-state index contributed by atoms with van der Waals surface area (Å²) >= 11 is 1.65. The van der Waals surface area contributed by atoms with Gasteiger partial charge in [0.25, 0.3) is 0 Å². The van der Waals surface area contributed by atoms with Gasteiger partial charge in [0.15, 0.2) is 0 Å². The van der Waals surface area contributed by atoms with Crippen molar-refractivity contribution in [1.29, 1.82) is 0 Å². The molecule has 0 fully saturated rings. The lowest BCUT2D eigenvalue weighted by Gasteiger charge is -2.12. The number of aromatic nitrogens is 3. The van der Waals surface area contributed by atoms with Crippen molar-refractivity contribution >= 4 is 23.0 Å². The zero-order valence-corrected chi connectivity index (χ0v) is 12.5. The number of aryl methyl sites for hydroxylation is 1. The lowest BCUT2D eigenvalue weighted by atomic mass is 10.2. The van der Waals surface area contributed by atoms with Gasteiger partial charge in [0.1, 0.15) is 17.5 Å². The third kappa shape index (κ3) is 3.20. The molecule has 0 saturated carbocycles. The normalized spacial score (nSPS) is 11.0. The van der Waals surface area contributed by atoms with E-state index in [1.807, 2.05) is 19.2 Å². The molecule has 0 spiro atoms. The predicted molar refractivity (Wildman–Crippen MR) is 79.4 cm³/mol. The molecule has 2 aromatic rings. The number of nitrogens with two attached hydrogens (primary N) is 1. The molecule has 102 valence electrons. The Labute approximate surface area is 117 Å². The van der Waals surface area contributed by atoms with Crippen molar-refractivity contribution in [2.24, 2.45) is 0 Å². The first kappa shape index (κ1) is 13.7. The maximum absolute atomic E-state index is 5.93. The molecule has 0 unspecified atom stereocenters. The number of hydrogen-bond donors (Lipinski definition) is 2. The van der Waals surface area contributed by atoms with E-state index in [1.54, 1.807) is 11.3 Å². The zero-order valence-electron chi connectivity index (χ0n) is 11.7. The van der Waals surface area contributed by atoms with Crippen LogP contribution in [0.2, 0.25) is 0 Å². The highest BCUT2D eigenvalue weighted by molar-refractivity contribution is 7.09. The van der Waals surface area contributed by atoms with Crippen LogP contribution in [0, 0.1) is 13.8 Å². The van der Waals surface area contributed by atoms with Gasteiger partial charge < -0.3 is 11.1 Å². The van der Waals surface area contributed by atoms with Crippen LogP contribution in [0.1, 0.15) is 41.9 Å². The zero-order chi connectivity index (χ0) is 14.0. The highest BCUT2D eigenvalue weighted by Crippen LogP contribution is 2.21. The topological polar surface area (TPSA) is 76.7 Å². The van der Waals surface area contributed by atoms with Crippen molar-refractivity contribution in [3.05, 3.63) is 27.5 Å². The van der Waals surface area contributed by atoms with E-state index in [9.17, 15) is 0 Å². The molecule has 5 nitrogen and oxygen atoms in total. The van der Waals surface area contributed by atoms with Crippen LogP contribution in [-0.4, -0.2) is 15.0 Å². The van der Waals surface area contributed by atoms with Crippen molar-refractivity contribution in [1.82, 2.24) is 15.0 Å². The van der Waals surface area contributed by atoms with Gasteiger partial charge in [-0.2, -0.15) is 0 Å². The van der Waals surface area contributed by atoms with Gasteiger partial charge >= 0.3 is 0 Å². The largest absolute Gasteiger partial charge is 0.383 e. The van der Waals surface area contributed by atoms with Crippen LogP contribution in [0.3, 0.4) is 0 Å². The van der Waals surface area contributed by atoms with E-state index in [4.69, 9.17) is 5.73 Å². The van der Waals surface area contributed by atoms with Gasteiger partial charge in [0.2, 0.25) is 0 Å². The van der Waals surface area contributed by atoms with E-state index < -0.39 is 0 Å². The average Bonchev–Trinajstić information content (AvgIpc) is 2.76. The van der Waals surface area contributed by atoms with Gasteiger partial charge in [-0.15, -0.1) is 11.3 Å². The van der Waals surface area contributed by atoms with E-state index in [-0.39, 0.29) is 5.92 Å². The number of nitrogens with zero attached hydrogens (tertiary/aromatic N) is 3. The van der Waals surface area contributed by atoms with Crippen molar-refractivity contribution < 1.29 is 0 Å². The van der Waals surface area contributed by atoms with E-state index in [2.05, 4.69) is 34.1 Å². The second kappa shape index (κ2) is 5.52. The third-order valence-corrected chi connectivity index (χ3v) is 3.64. The Bertz CT molecular complexity index is 576. The Hall–Kier alpha value is -1.69. The second-order valence-electron chi connectivity index (χ2n) is 4.81. The van der Waals surface area contributed by atoms with Gasteiger partial charge in [-0.25, -0.2) is 15.0 Å². The van der Waals surface area contributed by atoms with E-state index in [0.717, 1.165) is 27.9 Å². The van der Waals surface area contributed by atoms with E-state index in [0.29, 0.717) is 12.4 Å². The van der Waals surface area contributed by atoms with Crippen LogP contribution in [0.25, 0.3) is 0 Å². The quantitative estimate of drug-likeness (QED) is 0.898. The predicted octanol–water partition coefficient (Wildman–Crippen LogP) is 2.87. The Morgan fingerprint density at radius 3 is 2.58 bits per heavy atom. The molecular weight excluding hydrogens is 258 g/mol. The molecule has 0 aliphatic carbocycles. The lowest BCUT2D eigenvalue weighted by molar-refractivity contribution is 0.774. The summed E-state index contributed by atoms with van der Waals surface area (Å²) in [6.45, 7) is 8.68. The minimum Gasteiger partial charge on any atom is -0.383 e. The summed E-state index contributed by atoms with van der Waals surface area (Å²) in [5, 5.41) is 6.41. The van der Waals surface area contributed by atoms with Crippen LogP contribution in [0.5, 0.6) is 0 Å². The lowest BCUT2D eigenvalue weighted by Crippen LogP contribution is -2.10. The van der Waals surface area contributed by atoms with Gasteiger partial charge in [-0.3, -0.25) is 0 Å². The summed E-state index contributed by atoms with van der Waals surface area (Å²) in [4.78, 5) is 13.2. The monoisotopic (exact) mass is 277 g/mol. The van der Waals surface area contributed by atoms with Crippen LogP contribution in [0.4, 0.5) is 11.6 Å². The van der Waals surface area contributed by atoms with Gasteiger partial charge in [0, 0.05) is 16.9 Å². The smallest absolute Gasteiger partial charge is 0.135 e. The fourth-order valence-corrected chi connectivity index (χ4v) is 2.26. The van der Waals surface area contributed by atoms with Crippen LogP contribution in [0.15, 0.2) is 5.38 Å². The molecule has 0 amide bonds. The van der Waals surface area contributed by atoms with Gasteiger partial charge in [-0.1, -0.05) is 13.8 Å². The molecule has 19 heavy (non-hydrogen) atoms. The van der Waals surface area contributed by atoms with Crippen molar-refractivity contribution in [3.8, 4) is 0 Å². The summed E-state index contributed by atoms with van der Waals surface area (Å²) < 4.78 is 0. The summed E-state index contributed by atoms with van der Waals surface area (Å²) in [6, 6.07) is 0. The first-order valence-corrected chi connectivity index (χ1v) is 7.14. The molecule has 6 heteroatoms. The Morgan fingerprint density at radius 2 is 2.00 bits per heavy atom. The number of rotatable bonds is 4. The first-order chi connectivity index (χ1) is 8.97. The summed E-state index contributed by atoms with van der Waals surface area (Å²) in [7, 11) is 0. The van der Waals surface area contributed by atoms with Crippen LogP contribution >= 0.6 is 11.3 Å². The Morgan fingerprint density at radius 1 is 1.26 bits per heavy atom. The molecular formula is C13H19N5S. The minimum atomic E-state index is 0.255. The number of nitrogens with one attached hydrogen (secondary N) is 1. The molecule has 0 atom stereocenters. The van der Waals surface area contributed by atoms with Crippen molar-refractivity contribution in [2.75, 3.05) is 11.1 Å². The molecule has 0 aliphatic rings. The SMILES string of the molecule is Cc1nc(CNc2nc(C(C)C)nc(N)c2C)cs1. The maximum atomic E-state index is 5.93. The molecule has 3 N–H and O–H groups in total. The molecule has 0 radical (unpaired) electrons. The summed E-state index contributed by atoms with van der Waals surface area (Å²) in [5.41, 5.74) is 7.83. The third-order valence-electron chi connectivity index (χ3n) is 2.82. The highest BCUT2D eigenvalue weighted by Gasteiger charge is 2.11. The van der Waals surface area contributed by atoms with Crippen molar-refractivity contribution in [3.63, 3.8) is 0 Å². The Balaban J connectivity index is 2.19. The minimum absolute atomic E-state index is 0.255.